The smallest absolute Gasteiger partial charge is 0.224 e. The summed E-state index contributed by atoms with van der Waals surface area (Å²) in [5.41, 5.74) is 4.72. The van der Waals surface area contributed by atoms with Crippen molar-refractivity contribution in [3.05, 3.63) is 65.4 Å². The number of hydrogen-bond donors (Lipinski definition) is 1. The molecule has 3 aromatic rings. The van der Waals surface area contributed by atoms with Gasteiger partial charge in [-0.3, -0.25) is 9.59 Å². The first-order chi connectivity index (χ1) is 18.9. The topological polar surface area (TPSA) is 63.6 Å². The number of aromatic nitrogens is 1. The molecule has 1 N–H and O–H groups in total. The molecule has 6 nitrogen and oxygen atoms in total. The predicted octanol–water partition coefficient (Wildman–Crippen LogP) is 6.46. The van der Waals surface area contributed by atoms with Crippen LogP contribution in [0.1, 0.15) is 75.1 Å². The van der Waals surface area contributed by atoms with Gasteiger partial charge in [-0.2, -0.15) is 0 Å². The number of ether oxygens (including phenoxy) is 1. The summed E-state index contributed by atoms with van der Waals surface area (Å²) in [6.45, 7) is 6.68. The summed E-state index contributed by atoms with van der Waals surface area (Å²) in [5, 5.41) is 4.20. The van der Waals surface area contributed by atoms with Crippen molar-refractivity contribution in [2.24, 2.45) is 0 Å². The van der Waals surface area contributed by atoms with Crippen LogP contribution in [0.15, 0.2) is 48.5 Å². The number of amides is 2. The van der Waals surface area contributed by atoms with Crippen LogP contribution in [0.5, 0.6) is 5.75 Å². The first-order valence-corrected chi connectivity index (χ1v) is 14.6. The Morgan fingerprint density at radius 1 is 0.974 bits per heavy atom. The van der Waals surface area contributed by atoms with E-state index in [1.54, 1.807) is 7.11 Å². The van der Waals surface area contributed by atoms with E-state index in [1.807, 2.05) is 18.0 Å². The molecule has 1 aromatic heterocycles. The van der Waals surface area contributed by atoms with Gasteiger partial charge in [0.1, 0.15) is 5.75 Å². The van der Waals surface area contributed by atoms with E-state index < -0.39 is 0 Å². The van der Waals surface area contributed by atoms with Crippen molar-refractivity contribution in [3.63, 3.8) is 0 Å². The van der Waals surface area contributed by atoms with Crippen LogP contribution in [0.4, 0.5) is 0 Å². The zero-order chi connectivity index (χ0) is 28.0. The van der Waals surface area contributed by atoms with E-state index in [0.29, 0.717) is 19.4 Å². The Bertz CT molecular complexity index is 1190. The number of carbonyl (C=O) groups excluding carboxylic acids is 2. The normalized spacial score (nSPS) is 11.1. The third-order valence-electron chi connectivity index (χ3n) is 7.60. The minimum absolute atomic E-state index is 0.0528. The maximum atomic E-state index is 12.9. The number of aryl methyl sites for hydroxylation is 2. The second-order valence-electron chi connectivity index (χ2n) is 10.5. The van der Waals surface area contributed by atoms with E-state index in [2.05, 4.69) is 66.2 Å². The molecule has 2 aromatic carbocycles. The molecular weight excluding hydrogens is 486 g/mol. The molecule has 0 saturated carbocycles. The minimum Gasteiger partial charge on any atom is -0.497 e. The maximum Gasteiger partial charge on any atom is 0.224 e. The number of methoxy groups -OCH3 is 1. The second-order valence-corrected chi connectivity index (χ2v) is 10.5. The van der Waals surface area contributed by atoms with Crippen LogP contribution < -0.4 is 10.1 Å². The lowest BCUT2D eigenvalue weighted by Gasteiger charge is -2.16. The van der Waals surface area contributed by atoms with Gasteiger partial charge in [0.25, 0.3) is 0 Å². The fourth-order valence-electron chi connectivity index (χ4n) is 5.17. The fraction of sp³-hybridized carbons (Fsp3) is 0.515. The highest BCUT2D eigenvalue weighted by Gasteiger charge is 2.17. The molecule has 0 bridgehead atoms. The van der Waals surface area contributed by atoms with Crippen molar-refractivity contribution in [2.75, 3.05) is 27.2 Å². The molecule has 0 aliphatic carbocycles. The molecule has 212 valence electrons. The summed E-state index contributed by atoms with van der Waals surface area (Å²) in [6, 6.07) is 16.7. The van der Waals surface area contributed by atoms with Crippen molar-refractivity contribution in [3.8, 4) is 5.75 Å². The van der Waals surface area contributed by atoms with Gasteiger partial charge in [-0.1, -0.05) is 56.5 Å². The van der Waals surface area contributed by atoms with Crippen LogP contribution in [-0.2, 0) is 29.0 Å². The van der Waals surface area contributed by atoms with Crippen LogP contribution >= 0.6 is 0 Å². The first-order valence-electron chi connectivity index (χ1n) is 14.6. The molecule has 0 aliphatic heterocycles. The third kappa shape index (κ3) is 9.15. The number of carbonyl (C=O) groups is 2. The zero-order valence-corrected chi connectivity index (χ0v) is 24.4. The van der Waals surface area contributed by atoms with Crippen molar-refractivity contribution in [1.29, 1.82) is 0 Å². The van der Waals surface area contributed by atoms with Gasteiger partial charge in [0.15, 0.2) is 0 Å². The van der Waals surface area contributed by atoms with Crippen LogP contribution in [0.25, 0.3) is 10.9 Å². The van der Waals surface area contributed by atoms with E-state index in [9.17, 15) is 9.59 Å². The monoisotopic (exact) mass is 533 g/mol. The Morgan fingerprint density at radius 3 is 2.49 bits per heavy atom. The highest BCUT2D eigenvalue weighted by atomic mass is 16.5. The average molecular weight is 534 g/mol. The number of nitrogens with one attached hydrogen (secondary N) is 1. The Hall–Kier alpha value is -3.28. The third-order valence-corrected chi connectivity index (χ3v) is 7.60. The van der Waals surface area contributed by atoms with Crippen LogP contribution in [-0.4, -0.2) is 48.5 Å². The van der Waals surface area contributed by atoms with Crippen LogP contribution in [0.3, 0.4) is 0 Å². The summed E-state index contributed by atoms with van der Waals surface area (Å²) >= 11 is 0. The van der Waals surface area contributed by atoms with E-state index in [-0.39, 0.29) is 11.8 Å². The quantitative estimate of drug-likeness (QED) is 0.203. The zero-order valence-electron chi connectivity index (χ0n) is 24.4. The van der Waals surface area contributed by atoms with Crippen molar-refractivity contribution in [1.82, 2.24) is 14.8 Å². The first kappa shape index (κ1) is 30.3. The lowest BCUT2D eigenvalue weighted by Crippen LogP contribution is -2.27. The molecule has 0 radical (unpaired) electrons. The standard InChI is InChI=1S/C33H47N3O3/c1-5-6-22-35(3)33(38)18-12-7-8-13-21-34-32(37)25-29-26(2)36(23-14-17-27-15-10-9-11-16-27)31-20-19-28(39-4)24-30(29)31/h9-11,15-16,19-20,24H,5-8,12-14,17-18,21-23,25H2,1-4H3,(H,34,37). The molecule has 6 heteroatoms. The van der Waals surface area contributed by atoms with Gasteiger partial charge >= 0.3 is 0 Å². The van der Waals surface area contributed by atoms with E-state index in [0.717, 1.165) is 92.4 Å². The van der Waals surface area contributed by atoms with E-state index in [1.165, 1.54) is 5.56 Å². The van der Waals surface area contributed by atoms with E-state index in [4.69, 9.17) is 4.74 Å². The molecule has 0 aliphatic rings. The van der Waals surface area contributed by atoms with Crippen LogP contribution in [0.2, 0.25) is 0 Å². The summed E-state index contributed by atoms with van der Waals surface area (Å²) < 4.78 is 7.84. The molecule has 0 spiro atoms. The minimum atomic E-state index is 0.0528. The molecule has 0 fully saturated rings. The van der Waals surface area contributed by atoms with Crippen molar-refractivity contribution >= 4 is 22.7 Å². The van der Waals surface area contributed by atoms with Crippen LogP contribution in [0, 0.1) is 6.92 Å². The van der Waals surface area contributed by atoms with Crippen molar-refractivity contribution in [2.45, 2.75) is 84.6 Å². The summed E-state index contributed by atoms with van der Waals surface area (Å²) in [4.78, 5) is 26.9. The summed E-state index contributed by atoms with van der Waals surface area (Å²) in [5.74, 6) is 1.10. The maximum absolute atomic E-state index is 12.9. The predicted molar refractivity (Wildman–Crippen MR) is 160 cm³/mol. The molecule has 2 amide bonds. The Balaban J connectivity index is 1.49. The largest absolute Gasteiger partial charge is 0.497 e. The average Bonchev–Trinajstić information content (AvgIpc) is 3.21. The Labute approximate surface area is 234 Å². The molecule has 1 heterocycles. The lowest BCUT2D eigenvalue weighted by atomic mass is 10.1. The summed E-state index contributed by atoms with van der Waals surface area (Å²) in [6.07, 6.45) is 9.07. The van der Waals surface area contributed by atoms with Gasteiger partial charge in [0.2, 0.25) is 11.8 Å². The van der Waals surface area contributed by atoms with E-state index >= 15 is 0 Å². The van der Waals surface area contributed by atoms with Gasteiger partial charge in [0.05, 0.1) is 13.5 Å². The van der Waals surface area contributed by atoms with Gasteiger partial charge in [-0.05, 0) is 68.4 Å². The number of nitrogens with zero attached hydrogens (tertiary/aromatic N) is 2. The van der Waals surface area contributed by atoms with Gasteiger partial charge in [0, 0.05) is 49.7 Å². The lowest BCUT2D eigenvalue weighted by molar-refractivity contribution is -0.130. The molecular formula is C33H47N3O3. The van der Waals surface area contributed by atoms with Gasteiger partial charge in [-0.25, -0.2) is 0 Å². The number of unbranched alkanes of at least 4 members (excludes halogenated alkanes) is 4. The van der Waals surface area contributed by atoms with Crippen molar-refractivity contribution < 1.29 is 14.3 Å². The summed E-state index contributed by atoms with van der Waals surface area (Å²) in [7, 11) is 3.57. The molecule has 3 rings (SSSR count). The number of rotatable bonds is 17. The number of hydrogen-bond acceptors (Lipinski definition) is 3. The molecule has 0 unspecified atom stereocenters. The van der Waals surface area contributed by atoms with Gasteiger partial charge < -0.3 is 19.5 Å². The molecule has 39 heavy (non-hydrogen) atoms. The highest BCUT2D eigenvalue weighted by Crippen LogP contribution is 2.30. The van der Waals surface area contributed by atoms with Gasteiger partial charge in [-0.15, -0.1) is 0 Å². The number of benzene rings is 2. The SMILES string of the molecule is CCCCN(C)C(=O)CCCCCCNC(=O)Cc1c(C)n(CCCc2ccccc2)c2ccc(OC)cc12. The number of fused-ring (bicyclic) bond motifs is 1. The fourth-order valence-corrected chi connectivity index (χ4v) is 5.17. The molecule has 0 atom stereocenters. The molecule has 0 saturated heterocycles. The highest BCUT2D eigenvalue weighted by molar-refractivity contribution is 5.91. The Kier molecular flexibility index (Phi) is 12.4. The Morgan fingerprint density at radius 2 is 1.74 bits per heavy atom. The second kappa shape index (κ2) is 16.0.